The fourth-order valence-electron chi connectivity index (χ4n) is 3.56. The minimum atomic E-state index is 0.0228. The lowest BCUT2D eigenvalue weighted by molar-refractivity contribution is -0.122. The molecule has 1 heterocycles. The van der Waals surface area contributed by atoms with Crippen LogP contribution in [0.3, 0.4) is 0 Å². The smallest absolute Gasteiger partial charge is 0.234 e. The third-order valence-corrected chi connectivity index (χ3v) is 5.45. The first-order valence-corrected chi connectivity index (χ1v) is 10.0. The number of nitrogens with zero attached hydrogens (tertiary/aromatic N) is 1. The first-order chi connectivity index (χ1) is 14.0. The Hall–Kier alpha value is -2.57. The van der Waals surface area contributed by atoms with Gasteiger partial charge in [0.05, 0.1) is 13.7 Å². The maximum atomic E-state index is 12.3. The first-order valence-electron chi connectivity index (χ1n) is 10.0. The molecule has 2 aromatic carbocycles. The maximum absolute atomic E-state index is 12.3. The molecule has 1 atom stereocenters. The van der Waals surface area contributed by atoms with Crippen LogP contribution in [0.25, 0.3) is 0 Å². The number of benzene rings is 2. The van der Waals surface area contributed by atoms with E-state index in [-0.39, 0.29) is 11.3 Å². The minimum Gasteiger partial charge on any atom is -0.493 e. The van der Waals surface area contributed by atoms with Gasteiger partial charge in [0, 0.05) is 13.1 Å². The SMILES string of the molecule is COc1cc(CNC(=O)CN2CCC(C)(CN)C2)ccc1OCc1ccccc1. The normalized spacial score (nSPS) is 19.1. The van der Waals surface area contributed by atoms with E-state index in [4.69, 9.17) is 15.2 Å². The fraction of sp³-hybridized carbons (Fsp3) is 0.435. The second kappa shape index (κ2) is 9.76. The summed E-state index contributed by atoms with van der Waals surface area (Å²) in [6.45, 7) is 5.97. The molecule has 0 aromatic heterocycles. The maximum Gasteiger partial charge on any atom is 0.234 e. The number of ether oxygens (including phenoxy) is 2. The van der Waals surface area contributed by atoms with Gasteiger partial charge in [-0.3, -0.25) is 9.69 Å². The van der Waals surface area contributed by atoms with Crippen molar-refractivity contribution in [2.45, 2.75) is 26.5 Å². The Labute approximate surface area is 173 Å². The second-order valence-electron chi connectivity index (χ2n) is 8.01. The molecule has 1 aliphatic rings. The highest BCUT2D eigenvalue weighted by Gasteiger charge is 2.32. The summed E-state index contributed by atoms with van der Waals surface area (Å²) < 4.78 is 11.4. The van der Waals surface area contributed by atoms with Gasteiger partial charge < -0.3 is 20.5 Å². The zero-order valence-electron chi connectivity index (χ0n) is 17.3. The molecular weight excluding hydrogens is 366 g/mol. The third kappa shape index (κ3) is 5.95. The summed E-state index contributed by atoms with van der Waals surface area (Å²) >= 11 is 0. The molecule has 3 rings (SSSR count). The Morgan fingerprint density at radius 3 is 2.66 bits per heavy atom. The van der Waals surface area contributed by atoms with Gasteiger partial charge in [0.2, 0.25) is 5.91 Å². The average molecular weight is 398 g/mol. The van der Waals surface area contributed by atoms with Crippen molar-refractivity contribution in [3.63, 3.8) is 0 Å². The predicted molar refractivity (Wildman–Crippen MR) is 114 cm³/mol. The Kier molecular flexibility index (Phi) is 7.12. The monoisotopic (exact) mass is 397 g/mol. The summed E-state index contributed by atoms with van der Waals surface area (Å²) in [6.07, 6.45) is 1.04. The van der Waals surface area contributed by atoms with E-state index in [1.807, 2.05) is 48.5 Å². The van der Waals surface area contributed by atoms with Crippen molar-refractivity contribution in [2.75, 3.05) is 33.3 Å². The van der Waals surface area contributed by atoms with Gasteiger partial charge in [0.25, 0.3) is 0 Å². The van der Waals surface area contributed by atoms with E-state index in [2.05, 4.69) is 17.1 Å². The number of rotatable bonds is 9. The van der Waals surface area contributed by atoms with Gasteiger partial charge in [-0.1, -0.05) is 43.3 Å². The van der Waals surface area contributed by atoms with Crippen molar-refractivity contribution >= 4 is 5.91 Å². The van der Waals surface area contributed by atoms with E-state index in [0.717, 1.165) is 30.6 Å². The zero-order valence-corrected chi connectivity index (χ0v) is 17.3. The molecule has 0 radical (unpaired) electrons. The molecule has 0 saturated carbocycles. The Bertz CT molecular complexity index is 812. The third-order valence-electron chi connectivity index (χ3n) is 5.45. The summed E-state index contributed by atoms with van der Waals surface area (Å²) in [7, 11) is 1.62. The topological polar surface area (TPSA) is 76.8 Å². The molecule has 3 N–H and O–H groups in total. The molecule has 6 heteroatoms. The highest BCUT2D eigenvalue weighted by molar-refractivity contribution is 5.78. The number of amides is 1. The quantitative estimate of drug-likeness (QED) is 0.680. The van der Waals surface area contributed by atoms with Crippen LogP contribution in [0.1, 0.15) is 24.5 Å². The summed E-state index contributed by atoms with van der Waals surface area (Å²) in [5.74, 6) is 1.37. The van der Waals surface area contributed by atoms with Crippen molar-refractivity contribution in [3.05, 3.63) is 59.7 Å². The molecule has 1 aliphatic heterocycles. The van der Waals surface area contributed by atoms with Crippen molar-refractivity contribution in [1.29, 1.82) is 0 Å². The van der Waals surface area contributed by atoms with Crippen molar-refractivity contribution in [2.24, 2.45) is 11.1 Å². The number of carbonyl (C=O) groups excluding carboxylic acids is 1. The summed E-state index contributed by atoms with van der Waals surface area (Å²) in [6, 6.07) is 15.7. The minimum absolute atomic E-state index is 0.0228. The average Bonchev–Trinajstić information content (AvgIpc) is 3.12. The van der Waals surface area contributed by atoms with Gasteiger partial charge in [0.15, 0.2) is 11.5 Å². The Morgan fingerprint density at radius 1 is 1.17 bits per heavy atom. The van der Waals surface area contributed by atoms with Gasteiger partial charge in [-0.05, 0) is 48.2 Å². The van der Waals surface area contributed by atoms with Crippen LogP contribution in [0.15, 0.2) is 48.5 Å². The predicted octanol–water partition coefficient (Wildman–Crippen LogP) is 2.56. The van der Waals surface area contributed by atoms with E-state index < -0.39 is 0 Å². The lowest BCUT2D eigenvalue weighted by atomic mass is 9.90. The molecule has 1 fully saturated rings. The van der Waals surface area contributed by atoms with Gasteiger partial charge >= 0.3 is 0 Å². The summed E-state index contributed by atoms with van der Waals surface area (Å²) in [4.78, 5) is 14.5. The second-order valence-corrected chi connectivity index (χ2v) is 8.01. The van der Waals surface area contributed by atoms with Crippen LogP contribution in [-0.2, 0) is 17.9 Å². The van der Waals surface area contributed by atoms with Gasteiger partial charge in [-0.25, -0.2) is 0 Å². The molecule has 2 aromatic rings. The van der Waals surface area contributed by atoms with Crippen LogP contribution in [-0.4, -0.2) is 44.1 Å². The number of likely N-dealkylation sites (tertiary alicyclic amines) is 1. The number of nitrogens with one attached hydrogen (secondary N) is 1. The van der Waals surface area contributed by atoms with E-state index in [1.54, 1.807) is 7.11 Å². The fourth-order valence-corrected chi connectivity index (χ4v) is 3.56. The highest BCUT2D eigenvalue weighted by atomic mass is 16.5. The number of methoxy groups -OCH3 is 1. The molecule has 1 amide bonds. The number of hydrogen-bond donors (Lipinski definition) is 2. The van der Waals surface area contributed by atoms with Gasteiger partial charge in [-0.15, -0.1) is 0 Å². The Morgan fingerprint density at radius 2 is 1.97 bits per heavy atom. The van der Waals surface area contributed by atoms with Crippen LogP contribution < -0.4 is 20.5 Å². The largest absolute Gasteiger partial charge is 0.493 e. The zero-order chi connectivity index (χ0) is 20.7. The lowest BCUT2D eigenvalue weighted by Gasteiger charge is -2.22. The van der Waals surface area contributed by atoms with E-state index in [9.17, 15) is 4.79 Å². The molecule has 0 aliphatic carbocycles. The Balaban J connectivity index is 1.50. The molecule has 1 saturated heterocycles. The van der Waals surface area contributed by atoms with Crippen LogP contribution in [0, 0.1) is 5.41 Å². The van der Waals surface area contributed by atoms with E-state index in [1.165, 1.54) is 0 Å². The molecule has 6 nitrogen and oxygen atoms in total. The molecule has 0 spiro atoms. The van der Waals surface area contributed by atoms with Gasteiger partial charge in [0.1, 0.15) is 6.61 Å². The van der Waals surface area contributed by atoms with E-state index >= 15 is 0 Å². The van der Waals surface area contributed by atoms with Crippen molar-refractivity contribution in [1.82, 2.24) is 10.2 Å². The van der Waals surface area contributed by atoms with Crippen molar-refractivity contribution < 1.29 is 14.3 Å². The molecule has 29 heavy (non-hydrogen) atoms. The molecule has 0 bridgehead atoms. The van der Waals surface area contributed by atoms with Crippen molar-refractivity contribution in [3.8, 4) is 11.5 Å². The van der Waals surface area contributed by atoms with Gasteiger partial charge in [-0.2, -0.15) is 0 Å². The molecule has 1 unspecified atom stereocenters. The number of nitrogens with two attached hydrogens (primary N) is 1. The summed E-state index contributed by atoms with van der Waals surface area (Å²) in [5.41, 5.74) is 8.03. The van der Waals surface area contributed by atoms with Crippen LogP contribution in [0.5, 0.6) is 11.5 Å². The highest BCUT2D eigenvalue weighted by Crippen LogP contribution is 2.29. The standard InChI is InChI=1S/C23H31N3O3/c1-23(16-24)10-11-26(17-23)14-22(27)25-13-19-8-9-20(21(12-19)28-2)29-15-18-6-4-3-5-7-18/h3-9,12H,10-11,13-17,24H2,1-2H3,(H,25,27). The lowest BCUT2D eigenvalue weighted by Crippen LogP contribution is -2.38. The van der Waals surface area contributed by atoms with Crippen LogP contribution in [0.2, 0.25) is 0 Å². The molecular formula is C23H31N3O3. The number of hydrogen-bond acceptors (Lipinski definition) is 5. The first kappa shape index (κ1) is 21.1. The van der Waals surface area contributed by atoms with Crippen LogP contribution >= 0.6 is 0 Å². The van der Waals surface area contributed by atoms with Crippen LogP contribution in [0.4, 0.5) is 0 Å². The van der Waals surface area contributed by atoms with E-state index in [0.29, 0.717) is 37.7 Å². The summed E-state index contributed by atoms with van der Waals surface area (Å²) in [5, 5.41) is 2.99. The molecule has 156 valence electrons. The number of carbonyl (C=O) groups is 1.